The predicted molar refractivity (Wildman–Crippen MR) is 33.2 cm³/mol. The van der Waals surface area contributed by atoms with Crippen molar-refractivity contribution in [3.05, 3.63) is 12.3 Å². The van der Waals surface area contributed by atoms with Gasteiger partial charge in [0.15, 0.2) is 0 Å². The molecular formula is C6H6N2. The molecule has 1 aliphatic heterocycles. The van der Waals surface area contributed by atoms with Crippen LogP contribution in [0.1, 0.15) is 0 Å². The van der Waals surface area contributed by atoms with Gasteiger partial charge in [0.2, 0.25) is 0 Å². The molecule has 0 radical (unpaired) electrons. The van der Waals surface area contributed by atoms with E-state index in [1.54, 1.807) is 11.1 Å². The lowest BCUT2D eigenvalue weighted by Crippen LogP contribution is -2.11. The Kier molecular flexibility index (Phi) is 1.34. The molecular weight excluding hydrogens is 100 g/mol. The van der Waals surface area contributed by atoms with Crippen molar-refractivity contribution < 1.29 is 0 Å². The highest BCUT2D eigenvalue weighted by Crippen LogP contribution is 1.90. The van der Waals surface area contributed by atoms with E-state index in [0.29, 0.717) is 6.67 Å². The van der Waals surface area contributed by atoms with Crippen LogP contribution in [-0.2, 0) is 0 Å². The SMILES string of the molecule is C#CN1C=CC=NC1. The van der Waals surface area contributed by atoms with E-state index < -0.39 is 0 Å². The summed E-state index contributed by atoms with van der Waals surface area (Å²) >= 11 is 0. The van der Waals surface area contributed by atoms with E-state index in [1.807, 2.05) is 12.3 Å². The monoisotopic (exact) mass is 106 g/mol. The summed E-state index contributed by atoms with van der Waals surface area (Å²) in [5, 5.41) is 0. The van der Waals surface area contributed by atoms with Gasteiger partial charge in [-0.05, 0) is 6.08 Å². The Morgan fingerprint density at radius 1 is 1.75 bits per heavy atom. The zero-order valence-corrected chi connectivity index (χ0v) is 4.41. The molecule has 0 saturated heterocycles. The number of rotatable bonds is 0. The van der Waals surface area contributed by atoms with Gasteiger partial charge in [-0.2, -0.15) is 0 Å². The first-order valence-corrected chi connectivity index (χ1v) is 2.33. The third-order valence-corrected chi connectivity index (χ3v) is 0.857. The number of terminal acetylenes is 1. The Labute approximate surface area is 48.5 Å². The number of nitrogens with zero attached hydrogens (tertiary/aromatic N) is 2. The fourth-order valence-electron chi connectivity index (χ4n) is 0.469. The molecule has 0 aromatic carbocycles. The quantitative estimate of drug-likeness (QED) is 0.409. The maximum absolute atomic E-state index is 5.05. The van der Waals surface area contributed by atoms with Gasteiger partial charge in [-0.15, -0.1) is 0 Å². The highest BCUT2D eigenvalue weighted by molar-refractivity contribution is 5.71. The Morgan fingerprint density at radius 3 is 3.00 bits per heavy atom. The number of aliphatic imine (C=N–C) groups is 1. The van der Waals surface area contributed by atoms with Gasteiger partial charge in [0.25, 0.3) is 0 Å². The highest BCUT2D eigenvalue weighted by atomic mass is 15.2. The van der Waals surface area contributed by atoms with Crippen LogP contribution in [0.3, 0.4) is 0 Å². The first-order valence-electron chi connectivity index (χ1n) is 2.33. The van der Waals surface area contributed by atoms with Gasteiger partial charge >= 0.3 is 0 Å². The summed E-state index contributed by atoms with van der Waals surface area (Å²) in [7, 11) is 0. The second-order valence-corrected chi connectivity index (χ2v) is 1.41. The standard InChI is InChI=1S/C6H6N2/c1-2-8-5-3-4-7-6-8/h1,3-5H,6H2. The molecule has 0 aliphatic carbocycles. The van der Waals surface area contributed by atoms with Crippen LogP contribution in [0, 0.1) is 12.5 Å². The molecule has 0 spiro atoms. The van der Waals surface area contributed by atoms with Crippen molar-refractivity contribution in [2.75, 3.05) is 6.67 Å². The average molecular weight is 106 g/mol. The molecule has 0 N–H and O–H groups in total. The minimum Gasteiger partial charge on any atom is -0.288 e. The minimum absolute atomic E-state index is 0.590. The van der Waals surface area contributed by atoms with Gasteiger partial charge in [-0.3, -0.25) is 9.89 Å². The second kappa shape index (κ2) is 2.17. The molecule has 0 bridgehead atoms. The van der Waals surface area contributed by atoms with Crippen molar-refractivity contribution in [2.24, 2.45) is 4.99 Å². The molecule has 2 nitrogen and oxygen atoms in total. The Hall–Kier alpha value is -1.23. The van der Waals surface area contributed by atoms with E-state index in [0.717, 1.165) is 0 Å². The fraction of sp³-hybridized carbons (Fsp3) is 0.167. The fourth-order valence-corrected chi connectivity index (χ4v) is 0.469. The van der Waals surface area contributed by atoms with Crippen LogP contribution >= 0.6 is 0 Å². The lowest BCUT2D eigenvalue weighted by molar-refractivity contribution is 0.550. The van der Waals surface area contributed by atoms with Crippen LogP contribution in [0.15, 0.2) is 17.3 Å². The van der Waals surface area contributed by atoms with Crippen LogP contribution in [0.25, 0.3) is 0 Å². The van der Waals surface area contributed by atoms with Crippen LogP contribution in [0.5, 0.6) is 0 Å². The van der Waals surface area contributed by atoms with Crippen LogP contribution in [0.2, 0.25) is 0 Å². The number of hydrogen-bond donors (Lipinski definition) is 0. The average Bonchev–Trinajstić information content (AvgIpc) is 1.90. The number of allylic oxidation sites excluding steroid dienone is 1. The first kappa shape index (κ1) is 4.92. The topological polar surface area (TPSA) is 15.6 Å². The molecule has 0 fully saturated rings. The molecule has 40 valence electrons. The van der Waals surface area contributed by atoms with Crippen molar-refractivity contribution in [3.63, 3.8) is 0 Å². The van der Waals surface area contributed by atoms with Crippen LogP contribution in [0.4, 0.5) is 0 Å². The van der Waals surface area contributed by atoms with E-state index >= 15 is 0 Å². The van der Waals surface area contributed by atoms with Gasteiger partial charge in [0.1, 0.15) is 6.67 Å². The lowest BCUT2D eigenvalue weighted by atomic mass is 10.5. The first-order chi connectivity index (χ1) is 3.93. The lowest BCUT2D eigenvalue weighted by Gasteiger charge is -2.09. The van der Waals surface area contributed by atoms with Crippen molar-refractivity contribution in [3.8, 4) is 12.5 Å². The van der Waals surface area contributed by atoms with Crippen molar-refractivity contribution in [1.82, 2.24) is 4.90 Å². The van der Waals surface area contributed by atoms with Gasteiger partial charge in [-0.1, -0.05) is 6.42 Å². The summed E-state index contributed by atoms with van der Waals surface area (Å²) in [4.78, 5) is 5.57. The Morgan fingerprint density at radius 2 is 2.62 bits per heavy atom. The van der Waals surface area contributed by atoms with E-state index in [9.17, 15) is 0 Å². The predicted octanol–water partition coefficient (Wildman–Crippen LogP) is 0.435. The molecule has 8 heavy (non-hydrogen) atoms. The summed E-state index contributed by atoms with van der Waals surface area (Å²) in [6.07, 6.45) is 10.4. The molecule has 0 aromatic heterocycles. The molecule has 1 rings (SSSR count). The molecule has 1 heterocycles. The molecule has 1 aliphatic rings. The number of hydrogen-bond acceptors (Lipinski definition) is 2. The largest absolute Gasteiger partial charge is 0.288 e. The Bertz CT molecular complexity index is 162. The summed E-state index contributed by atoms with van der Waals surface area (Å²) in [6.45, 7) is 0.590. The van der Waals surface area contributed by atoms with Gasteiger partial charge in [0, 0.05) is 18.5 Å². The molecule has 2 heteroatoms. The molecule has 0 aromatic rings. The van der Waals surface area contributed by atoms with Crippen molar-refractivity contribution in [2.45, 2.75) is 0 Å². The van der Waals surface area contributed by atoms with Gasteiger partial charge < -0.3 is 0 Å². The third kappa shape index (κ3) is 0.881. The molecule has 0 unspecified atom stereocenters. The van der Waals surface area contributed by atoms with Gasteiger partial charge in [0.05, 0.1) is 0 Å². The molecule has 0 saturated carbocycles. The van der Waals surface area contributed by atoms with Gasteiger partial charge in [-0.25, -0.2) is 0 Å². The molecule has 0 amide bonds. The van der Waals surface area contributed by atoms with E-state index in [4.69, 9.17) is 6.42 Å². The summed E-state index contributed by atoms with van der Waals surface area (Å²) in [5.74, 6) is 0. The Balaban J connectivity index is 2.55. The summed E-state index contributed by atoms with van der Waals surface area (Å²) < 4.78 is 0. The van der Waals surface area contributed by atoms with Crippen LogP contribution in [-0.4, -0.2) is 17.8 Å². The summed E-state index contributed by atoms with van der Waals surface area (Å²) in [5.41, 5.74) is 0. The maximum atomic E-state index is 5.05. The smallest absolute Gasteiger partial charge is 0.121 e. The van der Waals surface area contributed by atoms with Crippen LogP contribution < -0.4 is 0 Å². The van der Waals surface area contributed by atoms with E-state index in [2.05, 4.69) is 11.0 Å². The van der Waals surface area contributed by atoms with Crippen molar-refractivity contribution in [1.29, 1.82) is 0 Å². The third-order valence-electron chi connectivity index (χ3n) is 0.857. The normalized spacial score (nSPS) is 16.1. The van der Waals surface area contributed by atoms with Crippen molar-refractivity contribution >= 4 is 6.21 Å². The highest BCUT2D eigenvalue weighted by Gasteiger charge is 1.90. The van der Waals surface area contributed by atoms with E-state index in [-0.39, 0.29) is 0 Å². The second-order valence-electron chi connectivity index (χ2n) is 1.41. The molecule has 0 atom stereocenters. The summed E-state index contributed by atoms with van der Waals surface area (Å²) in [6, 6.07) is 2.44. The zero-order valence-electron chi connectivity index (χ0n) is 4.41. The van der Waals surface area contributed by atoms with E-state index in [1.165, 1.54) is 0 Å². The maximum Gasteiger partial charge on any atom is 0.121 e. The minimum atomic E-state index is 0.590. The zero-order chi connectivity index (χ0) is 5.82.